The number of hydrogen-bond acceptors (Lipinski definition) is 4. The highest BCUT2D eigenvalue weighted by Crippen LogP contribution is 2.26. The zero-order valence-electron chi connectivity index (χ0n) is 12.3. The van der Waals surface area contributed by atoms with Crippen molar-refractivity contribution in [1.29, 1.82) is 0 Å². The second kappa shape index (κ2) is 6.85. The number of nitrogens with zero attached hydrogens (tertiary/aromatic N) is 1. The first-order valence-electron chi connectivity index (χ1n) is 6.95. The molecule has 0 saturated carbocycles. The first kappa shape index (κ1) is 16.4. The van der Waals surface area contributed by atoms with Crippen LogP contribution in [0.25, 0.3) is 10.9 Å². The summed E-state index contributed by atoms with van der Waals surface area (Å²) in [5.74, 6) is -0.154. The Bertz CT molecular complexity index is 840. The molecule has 0 fully saturated rings. The summed E-state index contributed by atoms with van der Waals surface area (Å²) in [6.45, 7) is 0.517. The Morgan fingerprint density at radius 3 is 2.57 bits per heavy atom. The molecule has 23 heavy (non-hydrogen) atoms. The van der Waals surface area contributed by atoms with Crippen LogP contribution in [0.4, 0.5) is 0 Å². The number of fused-ring (bicyclic) bond motifs is 1. The van der Waals surface area contributed by atoms with Gasteiger partial charge in [-0.05, 0) is 30.2 Å². The average Bonchev–Trinajstić information content (AvgIpc) is 2.83. The van der Waals surface area contributed by atoms with E-state index in [-0.39, 0.29) is 22.9 Å². The molecule has 3 aromatic rings. The van der Waals surface area contributed by atoms with Crippen molar-refractivity contribution in [3.8, 4) is 17.4 Å². The summed E-state index contributed by atoms with van der Waals surface area (Å²) in [5, 5.41) is 29.5. The van der Waals surface area contributed by atoms with Crippen LogP contribution in [0.1, 0.15) is 11.1 Å². The molecule has 6 heteroatoms. The monoisotopic (exact) mass is 314 g/mol. The number of H-pyrrole nitrogens is 1. The van der Waals surface area contributed by atoms with Crippen LogP contribution < -0.4 is 0 Å². The Balaban J connectivity index is 0.00000192. The van der Waals surface area contributed by atoms with Gasteiger partial charge in [0.15, 0.2) is 17.4 Å². The van der Waals surface area contributed by atoms with Crippen LogP contribution in [0, 0.1) is 0 Å². The largest absolute Gasteiger partial charge is 0.504 e. The number of aliphatic imine (C=N–C) groups is 1. The fourth-order valence-electron chi connectivity index (χ4n) is 2.35. The molecule has 0 aliphatic carbocycles. The minimum atomic E-state index is -0.129. The van der Waals surface area contributed by atoms with Crippen molar-refractivity contribution in [2.75, 3.05) is 6.54 Å². The van der Waals surface area contributed by atoms with E-state index in [0.717, 1.165) is 16.5 Å². The fourth-order valence-corrected chi connectivity index (χ4v) is 2.35. The summed E-state index contributed by atoms with van der Waals surface area (Å²) in [6, 6.07) is 12.3. The number of phenols is 2. The van der Waals surface area contributed by atoms with E-state index in [1.165, 1.54) is 12.1 Å². The van der Waals surface area contributed by atoms with E-state index in [1.807, 2.05) is 24.3 Å². The molecule has 1 aromatic heterocycles. The lowest BCUT2D eigenvalue weighted by Crippen LogP contribution is -1.90. The van der Waals surface area contributed by atoms with E-state index in [4.69, 9.17) is 0 Å². The molecule has 1 heterocycles. The van der Waals surface area contributed by atoms with Crippen molar-refractivity contribution in [2.45, 2.75) is 6.42 Å². The predicted molar refractivity (Wildman–Crippen MR) is 89.5 cm³/mol. The Morgan fingerprint density at radius 2 is 1.78 bits per heavy atom. The first-order chi connectivity index (χ1) is 10.6. The second-order valence-corrected chi connectivity index (χ2v) is 5.04. The summed E-state index contributed by atoms with van der Waals surface area (Å²) < 4.78 is 0. The van der Waals surface area contributed by atoms with Crippen molar-refractivity contribution in [3.63, 3.8) is 0 Å². The van der Waals surface area contributed by atoms with Crippen LogP contribution in [-0.4, -0.2) is 38.5 Å². The number of phenolic OH excluding ortho intramolecular Hbond substituents is 2. The molecule has 0 bridgehead atoms. The average molecular weight is 314 g/mol. The zero-order chi connectivity index (χ0) is 15.5. The number of aromatic nitrogens is 1. The predicted octanol–water partition coefficient (Wildman–Crippen LogP) is 2.12. The maximum absolute atomic E-state index is 9.91. The van der Waals surface area contributed by atoms with Crippen molar-refractivity contribution < 1.29 is 20.8 Å². The Morgan fingerprint density at radius 1 is 1.00 bits per heavy atom. The highest BCUT2D eigenvalue weighted by Gasteiger charge is 2.07. The van der Waals surface area contributed by atoms with Crippen LogP contribution in [0.2, 0.25) is 0 Å². The third-order valence-electron chi connectivity index (χ3n) is 3.52. The van der Waals surface area contributed by atoms with E-state index in [0.29, 0.717) is 18.5 Å². The lowest BCUT2D eigenvalue weighted by Gasteiger charge is -2.01. The van der Waals surface area contributed by atoms with Gasteiger partial charge in [-0.15, -0.1) is 0 Å². The van der Waals surface area contributed by atoms with Crippen LogP contribution in [0.5, 0.6) is 17.4 Å². The number of nitrogens with one attached hydrogen (secondary N) is 1. The fraction of sp³-hybridized carbons (Fsp3) is 0.118. The summed E-state index contributed by atoms with van der Waals surface area (Å²) >= 11 is 0. The lowest BCUT2D eigenvalue weighted by molar-refractivity contribution is 0.403. The number of aromatic amines is 1. The maximum Gasteiger partial charge on any atom is 0.198 e. The molecular weight excluding hydrogens is 296 g/mol. The van der Waals surface area contributed by atoms with Crippen LogP contribution in [0.3, 0.4) is 0 Å². The molecule has 120 valence electrons. The van der Waals surface area contributed by atoms with Crippen molar-refractivity contribution in [3.05, 3.63) is 53.6 Å². The van der Waals surface area contributed by atoms with Gasteiger partial charge in [0, 0.05) is 23.7 Å². The second-order valence-electron chi connectivity index (χ2n) is 5.04. The number of aromatic hydroxyl groups is 3. The molecule has 2 aromatic carbocycles. The van der Waals surface area contributed by atoms with Gasteiger partial charge >= 0.3 is 0 Å². The van der Waals surface area contributed by atoms with Crippen LogP contribution in [-0.2, 0) is 6.42 Å². The van der Waals surface area contributed by atoms with Gasteiger partial charge in [0.1, 0.15) is 0 Å². The number of hydrogen-bond donors (Lipinski definition) is 4. The normalized spacial score (nSPS) is 11.0. The van der Waals surface area contributed by atoms with Gasteiger partial charge in [-0.2, -0.15) is 0 Å². The van der Waals surface area contributed by atoms with Gasteiger partial charge in [-0.3, -0.25) is 4.99 Å². The molecular formula is C17H18N2O4. The van der Waals surface area contributed by atoms with Crippen molar-refractivity contribution >= 4 is 17.1 Å². The van der Waals surface area contributed by atoms with E-state index >= 15 is 0 Å². The minimum absolute atomic E-state index is 0. The Labute approximate surface area is 132 Å². The van der Waals surface area contributed by atoms with Crippen molar-refractivity contribution in [2.24, 2.45) is 4.99 Å². The van der Waals surface area contributed by atoms with Crippen LogP contribution >= 0.6 is 0 Å². The molecule has 0 amide bonds. The van der Waals surface area contributed by atoms with Gasteiger partial charge in [0.2, 0.25) is 0 Å². The summed E-state index contributed by atoms with van der Waals surface area (Å²) in [7, 11) is 0. The van der Waals surface area contributed by atoms with Gasteiger partial charge in [0.25, 0.3) is 0 Å². The smallest absolute Gasteiger partial charge is 0.198 e. The number of para-hydroxylation sites is 1. The van der Waals surface area contributed by atoms with Gasteiger partial charge in [-0.25, -0.2) is 0 Å². The van der Waals surface area contributed by atoms with Gasteiger partial charge in [0.05, 0.1) is 5.56 Å². The standard InChI is InChI=1S/C17H16N2O3.H2O/c20-15-6-5-11(9-16(15)21)7-8-18-10-13-12-3-1-2-4-14(12)19-17(13)22;/h1-6,9-10,19-22H,7-8H2;1H2. The lowest BCUT2D eigenvalue weighted by atomic mass is 10.1. The Kier molecular flexibility index (Phi) is 4.88. The van der Waals surface area contributed by atoms with E-state index in [9.17, 15) is 15.3 Å². The van der Waals surface area contributed by atoms with Crippen molar-refractivity contribution in [1.82, 2.24) is 4.98 Å². The topological polar surface area (TPSA) is 120 Å². The molecule has 3 rings (SSSR count). The molecule has 0 aliphatic rings. The summed E-state index contributed by atoms with van der Waals surface area (Å²) in [5.41, 5.74) is 2.42. The highest BCUT2D eigenvalue weighted by atomic mass is 16.3. The minimum Gasteiger partial charge on any atom is -0.504 e. The molecule has 0 saturated heterocycles. The molecule has 0 aliphatic heterocycles. The molecule has 0 spiro atoms. The third kappa shape index (κ3) is 3.44. The number of benzene rings is 2. The SMILES string of the molecule is O.Oc1ccc(CCN=Cc2c(O)[nH]c3ccccc23)cc1O. The van der Waals surface area contributed by atoms with Gasteiger partial charge in [-0.1, -0.05) is 24.3 Å². The summed E-state index contributed by atoms with van der Waals surface area (Å²) in [6.07, 6.45) is 2.28. The maximum atomic E-state index is 9.91. The molecule has 0 unspecified atom stereocenters. The van der Waals surface area contributed by atoms with E-state index in [2.05, 4.69) is 9.98 Å². The van der Waals surface area contributed by atoms with Gasteiger partial charge < -0.3 is 25.8 Å². The zero-order valence-corrected chi connectivity index (χ0v) is 12.3. The molecule has 0 radical (unpaired) electrons. The molecule has 6 nitrogen and oxygen atoms in total. The first-order valence-corrected chi connectivity index (χ1v) is 6.95. The molecule has 0 atom stereocenters. The third-order valence-corrected chi connectivity index (χ3v) is 3.52. The quantitative estimate of drug-likeness (QED) is 0.436. The molecule has 6 N–H and O–H groups in total. The van der Waals surface area contributed by atoms with E-state index in [1.54, 1.807) is 12.3 Å². The highest BCUT2D eigenvalue weighted by molar-refractivity contribution is 6.01. The van der Waals surface area contributed by atoms with Crippen LogP contribution in [0.15, 0.2) is 47.5 Å². The number of rotatable bonds is 4. The Hall–Kier alpha value is -2.99. The van der Waals surface area contributed by atoms with E-state index < -0.39 is 0 Å². The summed E-state index contributed by atoms with van der Waals surface area (Å²) in [4.78, 5) is 7.23.